The molecule has 0 aliphatic carbocycles. The number of aromatic amines is 1. The van der Waals surface area contributed by atoms with E-state index in [2.05, 4.69) is 20.5 Å². The van der Waals surface area contributed by atoms with Gasteiger partial charge in [0, 0.05) is 30.7 Å². The number of H-pyrrole nitrogens is 1. The molecule has 0 saturated heterocycles. The van der Waals surface area contributed by atoms with E-state index in [0.29, 0.717) is 23.9 Å². The fraction of sp³-hybridized carbons (Fsp3) is 0.250. The highest BCUT2D eigenvalue weighted by Gasteiger charge is 2.18. The number of aromatic nitrogens is 6. The number of pyridine rings is 1. The molecule has 0 atom stereocenters. The van der Waals surface area contributed by atoms with Crippen LogP contribution in [0.25, 0.3) is 22.1 Å². The van der Waals surface area contributed by atoms with Crippen LogP contribution in [0, 0.1) is 6.92 Å². The first-order valence-electron chi connectivity index (χ1n) is 7.70. The average Bonchev–Trinajstić information content (AvgIpc) is 3.24. The van der Waals surface area contributed by atoms with Gasteiger partial charge in [0.2, 0.25) is 0 Å². The Labute approximate surface area is 137 Å². The summed E-state index contributed by atoms with van der Waals surface area (Å²) in [6, 6.07) is 3.77. The summed E-state index contributed by atoms with van der Waals surface area (Å²) in [5.41, 5.74) is 4.00. The summed E-state index contributed by atoms with van der Waals surface area (Å²) in [5.74, 6) is 1.30. The van der Waals surface area contributed by atoms with Crippen molar-refractivity contribution in [3.63, 3.8) is 0 Å². The number of nitrogens with zero attached hydrogens (tertiary/aromatic N) is 5. The van der Waals surface area contributed by atoms with Crippen molar-refractivity contribution < 1.29 is 4.79 Å². The van der Waals surface area contributed by atoms with Gasteiger partial charge >= 0.3 is 0 Å². The zero-order chi connectivity index (χ0) is 16.8. The molecule has 0 aromatic carbocycles. The quantitative estimate of drug-likeness (QED) is 0.563. The van der Waals surface area contributed by atoms with E-state index in [1.165, 1.54) is 0 Å². The third-order valence-electron chi connectivity index (χ3n) is 4.12. The van der Waals surface area contributed by atoms with Gasteiger partial charge < -0.3 is 14.5 Å². The number of carbonyl (C=O) groups is 1. The van der Waals surface area contributed by atoms with Gasteiger partial charge in [-0.2, -0.15) is 5.10 Å². The van der Waals surface area contributed by atoms with Gasteiger partial charge in [0.05, 0.1) is 17.5 Å². The van der Waals surface area contributed by atoms with E-state index in [1.54, 1.807) is 6.33 Å². The first-order valence-corrected chi connectivity index (χ1v) is 7.70. The number of imidazole rings is 1. The molecule has 0 bridgehead atoms. The van der Waals surface area contributed by atoms with E-state index in [0.717, 1.165) is 34.0 Å². The van der Waals surface area contributed by atoms with Crippen LogP contribution in [0.5, 0.6) is 0 Å². The molecule has 8 nitrogen and oxygen atoms in total. The smallest absolute Gasteiger partial charge is 0.166 e. The van der Waals surface area contributed by atoms with Crippen LogP contribution in [0.4, 0.5) is 11.6 Å². The highest BCUT2D eigenvalue weighted by molar-refractivity contribution is 6.08. The van der Waals surface area contributed by atoms with Gasteiger partial charge in [-0.3, -0.25) is 9.89 Å². The lowest BCUT2D eigenvalue weighted by molar-refractivity contribution is 0.111. The number of aldehydes is 1. The Kier molecular flexibility index (Phi) is 3.12. The molecule has 0 fully saturated rings. The van der Waals surface area contributed by atoms with Crippen molar-refractivity contribution in [3.8, 4) is 0 Å². The van der Waals surface area contributed by atoms with Crippen LogP contribution < -0.4 is 5.32 Å². The van der Waals surface area contributed by atoms with Crippen LogP contribution in [-0.4, -0.2) is 35.6 Å². The molecule has 4 heterocycles. The molecule has 0 spiro atoms. The summed E-state index contributed by atoms with van der Waals surface area (Å²) in [5, 5.41) is 11.2. The molecule has 0 aliphatic heterocycles. The van der Waals surface area contributed by atoms with Gasteiger partial charge in [-0.15, -0.1) is 0 Å². The Morgan fingerprint density at radius 1 is 1.38 bits per heavy atom. The van der Waals surface area contributed by atoms with Gasteiger partial charge in [0.1, 0.15) is 11.2 Å². The molecule has 0 saturated carbocycles. The summed E-state index contributed by atoms with van der Waals surface area (Å²) >= 11 is 0. The second-order valence-electron chi connectivity index (χ2n) is 5.74. The van der Waals surface area contributed by atoms with E-state index in [1.807, 2.05) is 42.2 Å². The number of aryl methyl sites for hydroxylation is 3. The molecule has 122 valence electrons. The summed E-state index contributed by atoms with van der Waals surface area (Å²) in [6.45, 7) is 4.59. The van der Waals surface area contributed by atoms with E-state index in [4.69, 9.17) is 4.98 Å². The first-order chi connectivity index (χ1) is 11.6. The molecular weight excluding hydrogens is 306 g/mol. The van der Waals surface area contributed by atoms with Crippen molar-refractivity contribution in [3.05, 3.63) is 29.8 Å². The summed E-state index contributed by atoms with van der Waals surface area (Å²) < 4.78 is 3.84. The maximum absolute atomic E-state index is 11.4. The molecule has 4 aromatic rings. The summed E-state index contributed by atoms with van der Waals surface area (Å²) in [4.78, 5) is 20.6. The van der Waals surface area contributed by atoms with Crippen molar-refractivity contribution >= 4 is 40.0 Å². The zero-order valence-corrected chi connectivity index (χ0v) is 13.7. The zero-order valence-electron chi connectivity index (χ0n) is 13.7. The van der Waals surface area contributed by atoms with E-state index >= 15 is 0 Å². The van der Waals surface area contributed by atoms with Gasteiger partial charge in [0.15, 0.2) is 17.9 Å². The highest BCUT2D eigenvalue weighted by Crippen LogP contribution is 2.31. The molecule has 4 aromatic heterocycles. The van der Waals surface area contributed by atoms with Crippen LogP contribution in [-0.2, 0) is 13.6 Å². The lowest BCUT2D eigenvalue weighted by Gasteiger charge is -2.07. The Morgan fingerprint density at radius 2 is 2.21 bits per heavy atom. The second-order valence-corrected chi connectivity index (χ2v) is 5.74. The van der Waals surface area contributed by atoms with Crippen LogP contribution >= 0.6 is 0 Å². The molecule has 8 heteroatoms. The second kappa shape index (κ2) is 5.19. The molecule has 2 N–H and O–H groups in total. The van der Waals surface area contributed by atoms with Gasteiger partial charge in [-0.05, 0) is 19.9 Å². The highest BCUT2D eigenvalue weighted by atomic mass is 16.1. The molecular formula is C16H17N7O. The van der Waals surface area contributed by atoms with E-state index in [-0.39, 0.29) is 0 Å². The van der Waals surface area contributed by atoms with Crippen LogP contribution in [0.2, 0.25) is 0 Å². The van der Waals surface area contributed by atoms with Crippen molar-refractivity contribution in [2.45, 2.75) is 20.4 Å². The lowest BCUT2D eigenvalue weighted by Crippen LogP contribution is -2.02. The molecule has 0 amide bonds. The molecule has 0 radical (unpaired) electrons. The monoisotopic (exact) mass is 323 g/mol. The fourth-order valence-corrected chi connectivity index (χ4v) is 3.05. The number of rotatable bonds is 4. The largest absolute Gasteiger partial charge is 0.333 e. The number of anilines is 2. The molecule has 4 rings (SSSR count). The number of carbonyl (C=O) groups excluding carboxylic acids is 1. The molecule has 0 aliphatic rings. The van der Waals surface area contributed by atoms with Crippen molar-refractivity contribution in [1.29, 1.82) is 0 Å². The minimum Gasteiger partial charge on any atom is -0.333 e. The lowest BCUT2D eigenvalue weighted by atomic mass is 10.2. The maximum atomic E-state index is 11.4. The predicted molar refractivity (Wildman–Crippen MR) is 91.7 cm³/mol. The van der Waals surface area contributed by atoms with Gasteiger partial charge in [-0.25, -0.2) is 9.97 Å². The van der Waals surface area contributed by atoms with Crippen molar-refractivity contribution in [1.82, 2.24) is 29.3 Å². The summed E-state index contributed by atoms with van der Waals surface area (Å²) in [6.07, 6.45) is 2.61. The predicted octanol–water partition coefficient (Wildman–Crippen LogP) is 2.53. The SMILES string of the molecule is CCn1c(C=O)cc2c3c(ncn3C)c(Nc3cc(C)[nH]n3)nc21. The standard InChI is InChI=1S/C16H17N7O/c1-4-23-10(7-24)6-11-14-13(17-8-22(14)3)15(19-16(11)23)18-12-5-9(2)20-21-12/h5-8H,4H2,1-3H3,(H2,18,19,20,21). The Balaban J connectivity index is 2.02. The Hall–Kier alpha value is -3.16. The number of nitrogens with one attached hydrogen (secondary N) is 2. The van der Waals surface area contributed by atoms with Crippen LogP contribution in [0.3, 0.4) is 0 Å². The third kappa shape index (κ3) is 1.99. The van der Waals surface area contributed by atoms with Gasteiger partial charge in [0.25, 0.3) is 0 Å². The number of hydrogen-bond acceptors (Lipinski definition) is 5. The topological polar surface area (TPSA) is 93.4 Å². The van der Waals surface area contributed by atoms with E-state index < -0.39 is 0 Å². The first kappa shape index (κ1) is 14.4. The minimum absolute atomic E-state index is 0.607. The summed E-state index contributed by atoms with van der Waals surface area (Å²) in [7, 11) is 1.93. The van der Waals surface area contributed by atoms with Gasteiger partial charge in [-0.1, -0.05) is 0 Å². The number of fused-ring (bicyclic) bond motifs is 3. The fourth-order valence-electron chi connectivity index (χ4n) is 3.05. The van der Waals surface area contributed by atoms with Crippen LogP contribution in [0.1, 0.15) is 23.1 Å². The Morgan fingerprint density at radius 3 is 2.88 bits per heavy atom. The molecule has 24 heavy (non-hydrogen) atoms. The van der Waals surface area contributed by atoms with Crippen molar-refractivity contribution in [2.75, 3.05) is 5.32 Å². The van der Waals surface area contributed by atoms with E-state index in [9.17, 15) is 4.79 Å². The normalized spacial score (nSPS) is 11.5. The van der Waals surface area contributed by atoms with Crippen LogP contribution in [0.15, 0.2) is 18.5 Å². The molecule has 0 unspecified atom stereocenters. The third-order valence-corrected chi connectivity index (χ3v) is 4.12. The number of hydrogen-bond donors (Lipinski definition) is 2. The maximum Gasteiger partial charge on any atom is 0.166 e. The van der Waals surface area contributed by atoms with Crippen molar-refractivity contribution in [2.24, 2.45) is 7.05 Å². The average molecular weight is 323 g/mol. The minimum atomic E-state index is 0.607. The Bertz CT molecular complexity index is 1070.